The minimum atomic E-state index is -4.13. The van der Waals surface area contributed by atoms with Crippen LogP contribution in [0.25, 0.3) is 0 Å². The van der Waals surface area contributed by atoms with E-state index in [2.05, 4.69) is 4.72 Å². The molecule has 0 aliphatic rings. The van der Waals surface area contributed by atoms with E-state index in [1.807, 2.05) is 0 Å². The van der Waals surface area contributed by atoms with Crippen LogP contribution in [0, 0.1) is 5.82 Å². The average molecular weight is 366 g/mol. The van der Waals surface area contributed by atoms with Gasteiger partial charge in [0.05, 0.1) is 16.1 Å². The molecular weight excluding hydrogens is 351 g/mol. The van der Waals surface area contributed by atoms with Gasteiger partial charge in [-0.2, -0.15) is 0 Å². The Morgan fingerprint density at radius 1 is 1.16 bits per heavy atom. The monoisotopic (exact) mass is 366 g/mol. The average Bonchev–Trinajstić information content (AvgIpc) is 2.56. The van der Waals surface area contributed by atoms with E-state index >= 15 is 0 Å². The van der Waals surface area contributed by atoms with E-state index < -0.39 is 33.8 Å². The summed E-state index contributed by atoms with van der Waals surface area (Å²) in [6.45, 7) is 1.29. The van der Waals surface area contributed by atoms with Crippen molar-refractivity contribution in [3.63, 3.8) is 0 Å². The third-order valence-corrected chi connectivity index (χ3v) is 4.55. The van der Waals surface area contributed by atoms with Crippen LogP contribution < -0.4 is 10.5 Å². The Balaban J connectivity index is 2.27. The summed E-state index contributed by atoms with van der Waals surface area (Å²) < 4.78 is 45.2. The second-order valence-corrected chi connectivity index (χ2v) is 6.75. The van der Waals surface area contributed by atoms with E-state index in [0.29, 0.717) is 0 Å². The molecule has 3 N–H and O–H groups in total. The molecule has 0 aromatic heterocycles. The van der Waals surface area contributed by atoms with Crippen molar-refractivity contribution in [1.82, 2.24) is 0 Å². The molecule has 1 atom stereocenters. The van der Waals surface area contributed by atoms with E-state index in [1.54, 1.807) is 0 Å². The summed E-state index contributed by atoms with van der Waals surface area (Å²) in [6, 6.07) is 10.2. The van der Waals surface area contributed by atoms with Gasteiger partial charge in [-0.15, -0.1) is 0 Å². The van der Waals surface area contributed by atoms with E-state index in [9.17, 15) is 22.4 Å². The molecule has 0 aliphatic carbocycles. The number of nitrogens with one attached hydrogen (secondary N) is 1. The van der Waals surface area contributed by atoms with Crippen molar-refractivity contribution in [1.29, 1.82) is 0 Å². The van der Waals surface area contributed by atoms with Crippen molar-refractivity contribution in [2.24, 2.45) is 5.73 Å². The van der Waals surface area contributed by atoms with Crippen LogP contribution in [-0.2, 0) is 19.6 Å². The van der Waals surface area contributed by atoms with Crippen LogP contribution in [0.3, 0.4) is 0 Å². The number of hydrogen-bond donors (Lipinski definition) is 2. The number of carbonyl (C=O) groups is 2. The van der Waals surface area contributed by atoms with Gasteiger partial charge in [0.2, 0.25) is 0 Å². The van der Waals surface area contributed by atoms with Gasteiger partial charge in [-0.3, -0.25) is 9.52 Å². The smallest absolute Gasteiger partial charge is 0.338 e. The number of amides is 1. The number of halogens is 1. The molecular formula is C16H15FN2O5S. The molecule has 1 amide bonds. The number of anilines is 1. The number of sulfonamides is 1. The van der Waals surface area contributed by atoms with Crippen molar-refractivity contribution in [2.45, 2.75) is 17.9 Å². The lowest BCUT2D eigenvalue weighted by Crippen LogP contribution is -2.30. The van der Waals surface area contributed by atoms with Gasteiger partial charge in [-0.1, -0.05) is 18.2 Å². The van der Waals surface area contributed by atoms with Crippen molar-refractivity contribution < 1.29 is 27.1 Å². The third kappa shape index (κ3) is 4.54. The first-order chi connectivity index (χ1) is 11.7. The summed E-state index contributed by atoms with van der Waals surface area (Å²) in [5.41, 5.74) is 4.69. The van der Waals surface area contributed by atoms with Gasteiger partial charge in [0.15, 0.2) is 6.10 Å². The summed E-state index contributed by atoms with van der Waals surface area (Å²) in [7, 11) is -4.13. The second-order valence-electron chi connectivity index (χ2n) is 5.06. The standard InChI is InChI=1S/C16H15FN2O5S/c1-10(15(18)20)24-16(21)11-5-4-6-12(9-11)25(22,23)19-14-8-3-2-7-13(14)17/h2-10,19H,1H3,(H2,18,20)/t10-/m1/s1. The summed E-state index contributed by atoms with van der Waals surface area (Å²) in [5, 5.41) is 0. The number of hydrogen-bond acceptors (Lipinski definition) is 5. The fraction of sp³-hybridized carbons (Fsp3) is 0.125. The van der Waals surface area contributed by atoms with E-state index in [-0.39, 0.29) is 16.1 Å². The molecule has 0 saturated carbocycles. The number of ether oxygens (including phenoxy) is 1. The Labute approximate surface area is 143 Å². The van der Waals surface area contributed by atoms with Crippen molar-refractivity contribution in [3.8, 4) is 0 Å². The summed E-state index contributed by atoms with van der Waals surface area (Å²) >= 11 is 0. The molecule has 0 unspecified atom stereocenters. The van der Waals surface area contributed by atoms with Crippen LogP contribution in [0.2, 0.25) is 0 Å². The first-order valence-electron chi connectivity index (χ1n) is 7.08. The number of primary amides is 1. The predicted molar refractivity (Wildman–Crippen MR) is 87.7 cm³/mol. The molecule has 7 nitrogen and oxygen atoms in total. The second kappa shape index (κ2) is 7.31. The van der Waals surface area contributed by atoms with Gasteiger partial charge in [0, 0.05) is 0 Å². The number of nitrogens with two attached hydrogens (primary N) is 1. The molecule has 0 spiro atoms. The molecule has 25 heavy (non-hydrogen) atoms. The molecule has 9 heteroatoms. The fourth-order valence-electron chi connectivity index (χ4n) is 1.82. The fourth-order valence-corrected chi connectivity index (χ4v) is 2.94. The lowest BCUT2D eigenvalue weighted by atomic mass is 10.2. The van der Waals surface area contributed by atoms with Crippen LogP contribution >= 0.6 is 0 Å². The summed E-state index contributed by atoms with van der Waals surface area (Å²) in [6.07, 6.45) is -1.16. The highest BCUT2D eigenvalue weighted by Gasteiger charge is 2.20. The number of esters is 1. The highest BCUT2D eigenvalue weighted by molar-refractivity contribution is 7.92. The molecule has 0 heterocycles. The Morgan fingerprint density at radius 2 is 1.84 bits per heavy atom. The van der Waals surface area contributed by atoms with Crippen molar-refractivity contribution >= 4 is 27.6 Å². The number of carbonyl (C=O) groups excluding carboxylic acids is 2. The highest BCUT2D eigenvalue weighted by Crippen LogP contribution is 2.20. The largest absolute Gasteiger partial charge is 0.449 e. The zero-order valence-corrected chi connectivity index (χ0v) is 13.9. The Hall–Kier alpha value is -2.94. The minimum Gasteiger partial charge on any atom is -0.449 e. The maximum Gasteiger partial charge on any atom is 0.338 e. The van der Waals surface area contributed by atoms with Gasteiger partial charge in [0.1, 0.15) is 5.82 Å². The van der Waals surface area contributed by atoms with Crippen LogP contribution in [-0.4, -0.2) is 26.4 Å². The molecule has 0 fully saturated rings. The quantitative estimate of drug-likeness (QED) is 0.754. The first-order valence-corrected chi connectivity index (χ1v) is 8.57. The summed E-state index contributed by atoms with van der Waals surface area (Å²) in [5.74, 6) is -2.48. The lowest BCUT2D eigenvalue weighted by molar-refractivity contribution is -0.125. The Bertz CT molecular complexity index is 914. The molecule has 2 rings (SSSR count). The van der Waals surface area contributed by atoms with Crippen LogP contribution in [0.4, 0.5) is 10.1 Å². The summed E-state index contributed by atoms with van der Waals surface area (Å²) in [4.78, 5) is 22.6. The zero-order chi connectivity index (χ0) is 18.6. The predicted octanol–water partition coefficient (Wildman–Crippen LogP) is 1.66. The van der Waals surface area contributed by atoms with Gasteiger partial charge < -0.3 is 10.5 Å². The number of rotatable bonds is 6. The first kappa shape index (κ1) is 18.4. The van der Waals surface area contributed by atoms with Crippen LogP contribution in [0.1, 0.15) is 17.3 Å². The maximum absolute atomic E-state index is 13.6. The molecule has 0 bridgehead atoms. The van der Waals surface area contributed by atoms with Gasteiger partial charge in [-0.05, 0) is 37.3 Å². The number of benzene rings is 2. The van der Waals surface area contributed by atoms with E-state index in [0.717, 1.165) is 12.1 Å². The van der Waals surface area contributed by atoms with Crippen LogP contribution in [0.15, 0.2) is 53.4 Å². The third-order valence-electron chi connectivity index (χ3n) is 3.18. The molecule has 132 valence electrons. The van der Waals surface area contributed by atoms with Gasteiger partial charge in [0.25, 0.3) is 15.9 Å². The van der Waals surface area contributed by atoms with E-state index in [4.69, 9.17) is 10.5 Å². The van der Waals surface area contributed by atoms with Gasteiger partial charge in [-0.25, -0.2) is 17.6 Å². The topological polar surface area (TPSA) is 116 Å². The van der Waals surface area contributed by atoms with Gasteiger partial charge >= 0.3 is 5.97 Å². The molecule has 0 aliphatic heterocycles. The Kier molecular flexibility index (Phi) is 5.38. The minimum absolute atomic E-state index is 0.0930. The highest BCUT2D eigenvalue weighted by atomic mass is 32.2. The lowest BCUT2D eigenvalue weighted by Gasteiger charge is -2.11. The maximum atomic E-state index is 13.6. The molecule has 2 aromatic rings. The molecule has 0 saturated heterocycles. The zero-order valence-electron chi connectivity index (χ0n) is 13.1. The van der Waals surface area contributed by atoms with E-state index in [1.165, 1.54) is 43.3 Å². The Morgan fingerprint density at radius 3 is 2.48 bits per heavy atom. The van der Waals surface area contributed by atoms with Crippen molar-refractivity contribution in [2.75, 3.05) is 4.72 Å². The SMILES string of the molecule is C[C@@H](OC(=O)c1cccc(S(=O)(=O)Nc2ccccc2F)c1)C(N)=O. The normalized spacial score (nSPS) is 12.2. The molecule has 2 aromatic carbocycles. The molecule has 0 radical (unpaired) electrons. The van der Waals surface area contributed by atoms with Crippen molar-refractivity contribution in [3.05, 3.63) is 59.9 Å². The number of para-hydroxylation sites is 1. The van der Waals surface area contributed by atoms with Crippen LogP contribution in [0.5, 0.6) is 0 Å².